The van der Waals surface area contributed by atoms with Crippen LogP contribution in [0.2, 0.25) is 0 Å². The summed E-state index contributed by atoms with van der Waals surface area (Å²) in [5.74, 6) is 0. The smallest absolute Gasteiger partial charge is 0.218 e. The third kappa shape index (κ3) is 2.83. The lowest BCUT2D eigenvalue weighted by Crippen LogP contribution is -2.49. The molecule has 1 saturated heterocycles. The lowest BCUT2D eigenvalue weighted by atomic mass is 10.2. The molecule has 0 radical (unpaired) electrons. The summed E-state index contributed by atoms with van der Waals surface area (Å²) in [5.41, 5.74) is 0. The maximum absolute atomic E-state index is 12.6. The number of nitrogens with one attached hydrogen (secondary N) is 1. The molecule has 1 unspecified atom stereocenters. The van der Waals surface area contributed by atoms with E-state index in [-0.39, 0.29) is 11.3 Å². The van der Waals surface area contributed by atoms with E-state index in [0.717, 1.165) is 32.2 Å². The van der Waals surface area contributed by atoms with Gasteiger partial charge in [-0.3, -0.25) is 0 Å². The lowest BCUT2D eigenvalue weighted by Gasteiger charge is -2.32. The Labute approximate surface area is 105 Å². The standard InChI is InChI=1S/C12H24N2O2S/c1-2-14(11-6-3-4-7-11)17(15,16)12-8-5-9-13-10-12/h11-13H,2-10H2,1H3. The highest BCUT2D eigenvalue weighted by Crippen LogP contribution is 2.28. The van der Waals surface area contributed by atoms with Crippen molar-refractivity contribution in [3.8, 4) is 0 Å². The fourth-order valence-corrected chi connectivity index (χ4v) is 5.27. The van der Waals surface area contributed by atoms with Crippen LogP contribution in [0.5, 0.6) is 0 Å². The highest BCUT2D eigenvalue weighted by Gasteiger charge is 2.36. The molecule has 1 aliphatic heterocycles. The van der Waals surface area contributed by atoms with Crippen molar-refractivity contribution in [1.29, 1.82) is 0 Å². The lowest BCUT2D eigenvalue weighted by molar-refractivity contribution is 0.325. The van der Waals surface area contributed by atoms with Gasteiger partial charge in [-0.05, 0) is 32.2 Å². The summed E-state index contributed by atoms with van der Waals surface area (Å²) >= 11 is 0. The van der Waals surface area contributed by atoms with Gasteiger partial charge in [0.2, 0.25) is 10.0 Å². The fraction of sp³-hybridized carbons (Fsp3) is 1.00. The van der Waals surface area contributed by atoms with Crippen molar-refractivity contribution in [3.05, 3.63) is 0 Å². The Kier molecular flexibility index (Phi) is 4.44. The van der Waals surface area contributed by atoms with Crippen LogP contribution in [-0.4, -0.2) is 43.6 Å². The van der Waals surface area contributed by atoms with Crippen LogP contribution in [0.4, 0.5) is 0 Å². The molecule has 1 saturated carbocycles. The van der Waals surface area contributed by atoms with E-state index in [4.69, 9.17) is 0 Å². The molecule has 0 amide bonds. The molecule has 0 bridgehead atoms. The zero-order valence-corrected chi connectivity index (χ0v) is 11.5. The second-order valence-electron chi connectivity index (χ2n) is 5.15. The zero-order chi connectivity index (χ0) is 12.3. The van der Waals surface area contributed by atoms with Gasteiger partial charge < -0.3 is 5.32 Å². The van der Waals surface area contributed by atoms with Crippen molar-refractivity contribution >= 4 is 10.0 Å². The van der Waals surface area contributed by atoms with Gasteiger partial charge in [-0.15, -0.1) is 0 Å². The Bertz CT molecular complexity index is 330. The molecule has 100 valence electrons. The Morgan fingerprint density at radius 3 is 2.41 bits per heavy atom. The van der Waals surface area contributed by atoms with E-state index in [1.54, 1.807) is 4.31 Å². The third-order valence-electron chi connectivity index (χ3n) is 4.04. The molecule has 0 aromatic heterocycles. The van der Waals surface area contributed by atoms with Crippen LogP contribution < -0.4 is 5.32 Å². The van der Waals surface area contributed by atoms with Crippen molar-refractivity contribution < 1.29 is 8.42 Å². The summed E-state index contributed by atoms with van der Waals surface area (Å²) in [6.07, 6.45) is 6.25. The van der Waals surface area contributed by atoms with Gasteiger partial charge >= 0.3 is 0 Å². The Balaban J connectivity index is 2.10. The summed E-state index contributed by atoms with van der Waals surface area (Å²) < 4.78 is 27.0. The number of rotatable bonds is 4. The summed E-state index contributed by atoms with van der Waals surface area (Å²) in [4.78, 5) is 0. The molecule has 2 fully saturated rings. The van der Waals surface area contributed by atoms with Crippen LogP contribution in [0.1, 0.15) is 45.4 Å². The molecule has 0 aromatic rings. The monoisotopic (exact) mass is 260 g/mol. The molecule has 2 rings (SSSR count). The Hall–Kier alpha value is -0.130. The highest BCUT2D eigenvalue weighted by molar-refractivity contribution is 7.89. The molecule has 0 spiro atoms. The molecule has 1 aliphatic carbocycles. The first-order chi connectivity index (χ1) is 8.16. The predicted octanol–water partition coefficient (Wildman–Crippen LogP) is 1.33. The van der Waals surface area contributed by atoms with Crippen molar-refractivity contribution in [3.63, 3.8) is 0 Å². The van der Waals surface area contributed by atoms with Crippen molar-refractivity contribution in [2.75, 3.05) is 19.6 Å². The van der Waals surface area contributed by atoms with Crippen molar-refractivity contribution in [2.45, 2.75) is 56.7 Å². The van der Waals surface area contributed by atoms with E-state index in [0.29, 0.717) is 13.1 Å². The summed E-state index contributed by atoms with van der Waals surface area (Å²) in [7, 11) is -3.09. The molecule has 1 heterocycles. The fourth-order valence-electron chi connectivity index (χ4n) is 3.10. The molecular weight excluding hydrogens is 236 g/mol. The molecule has 2 aliphatic rings. The van der Waals surface area contributed by atoms with E-state index < -0.39 is 10.0 Å². The van der Waals surface area contributed by atoms with Gasteiger partial charge in [-0.25, -0.2) is 8.42 Å². The SMILES string of the molecule is CCN(C1CCCC1)S(=O)(=O)C1CCCNC1. The van der Waals surface area contributed by atoms with Crippen molar-refractivity contribution in [1.82, 2.24) is 9.62 Å². The average molecular weight is 260 g/mol. The van der Waals surface area contributed by atoms with Gasteiger partial charge in [0.05, 0.1) is 5.25 Å². The van der Waals surface area contributed by atoms with Crippen LogP contribution in [0.25, 0.3) is 0 Å². The molecule has 17 heavy (non-hydrogen) atoms. The second kappa shape index (κ2) is 5.67. The maximum Gasteiger partial charge on any atom is 0.218 e. The Morgan fingerprint density at radius 2 is 1.88 bits per heavy atom. The first kappa shape index (κ1) is 13.3. The van der Waals surface area contributed by atoms with Crippen LogP contribution in [0, 0.1) is 0 Å². The topological polar surface area (TPSA) is 49.4 Å². The minimum atomic E-state index is -3.09. The third-order valence-corrected chi connectivity index (χ3v) is 6.50. The molecule has 0 aromatic carbocycles. The maximum atomic E-state index is 12.6. The minimum absolute atomic E-state index is 0.197. The van der Waals surface area contributed by atoms with E-state index in [9.17, 15) is 8.42 Å². The molecular formula is C12H24N2O2S. The quantitative estimate of drug-likeness (QED) is 0.829. The van der Waals surface area contributed by atoms with Crippen LogP contribution in [0.3, 0.4) is 0 Å². The summed E-state index contributed by atoms with van der Waals surface area (Å²) in [5, 5.41) is 3.01. The highest BCUT2D eigenvalue weighted by atomic mass is 32.2. The van der Waals surface area contributed by atoms with Crippen LogP contribution in [0.15, 0.2) is 0 Å². The predicted molar refractivity (Wildman–Crippen MR) is 69.4 cm³/mol. The number of nitrogens with zero attached hydrogens (tertiary/aromatic N) is 1. The van der Waals surface area contributed by atoms with Gasteiger partial charge in [-0.2, -0.15) is 4.31 Å². The van der Waals surface area contributed by atoms with Crippen LogP contribution in [-0.2, 0) is 10.0 Å². The number of hydrogen-bond acceptors (Lipinski definition) is 3. The van der Waals surface area contributed by atoms with Gasteiger partial charge in [0, 0.05) is 19.1 Å². The van der Waals surface area contributed by atoms with Gasteiger partial charge in [0.15, 0.2) is 0 Å². The molecule has 5 heteroatoms. The summed E-state index contributed by atoms with van der Waals surface area (Å²) in [6, 6.07) is 0.270. The van der Waals surface area contributed by atoms with E-state index in [1.807, 2.05) is 6.92 Å². The largest absolute Gasteiger partial charge is 0.315 e. The number of piperidine rings is 1. The molecule has 1 atom stereocenters. The first-order valence-electron chi connectivity index (χ1n) is 6.87. The first-order valence-corrected chi connectivity index (χ1v) is 8.38. The average Bonchev–Trinajstić information content (AvgIpc) is 2.84. The van der Waals surface area contributed by atoms with Crippen molar-refractivity contribution in [2.24, 2.45) is 0 Å². The molecule has 1 N–H and O–H groups in total. The Morgan fingerprint density at radius 1 is 1.18 bits per heavy atom. The van der Waals surface area contributed by atoms with E-state index in [2.05, 4.69) is 5.32 Å². The van der Waals surface area contributed by atoms with E-state index >= 15 is 0 Å². The van der Waals surface area contributed by atoms with Crippen LogP contribution >= 0.6 is 0 Å². The molecule has 4 nitrogen and oxygen atoms in total. The van der Waals surface area contributed by atoms with Gasteiger partial charge in [-0.1, -0.05) is 19.8 Å². The van der Waals surface area contributed by atoms with Gasteiger partial charge in [0.25, 0.3) is 0 Å². The number of sulfonamides is 1. The number of hydrogen-bond donors (Lipinski definition) is 1. The second-order valence-corrected chi connectivity index (χ2v) is 7.32. The summed E-state index contributed by atoms with van der Waals surface area (Å²) in [6.45, 7) is 4.18. The van der Waals surface area contributed by atoms with Gasteiger partial charge in [0.1, 0.15) is 0 Å². The zero-order valence-electron chi connectivity index (χ0n) is 10.7. The normalized spacial score (nSPS) is 27.8. The van der Waals surface area contributed by atoms with E-state index in [1.165, 1.54) is 12.8 Å². The minimum Gasteiger partial charge on any atom is -0.315 e.